The van der Waals surface area contributed by atoms with Gasteiger partial charge in [-0.25, -0.2) is 9.97 Å². The standard InChI is InChI=1S/C24H23N7O/c32-23(31-12-10-25-11-13-31)19-6-8-20(9-7-19)29-24-26-14-17(15-27-24)4-5-18-2-1-3-22-21(18)16-28-30-22/h1-9,14-16,25H,10-13H2,(H,28,30)(H,26,27,29). The van der Waals surface area contributed by atoms with Gasteiger partial charge in [0.15, 0.2) is 0 Å². The van der Waals surface area contributed by atoms with Gasteiger partial charge in [0.1, 0.15) is 0 Å². The summed E-state index contributed by atoms with van der Waals surface area (Å²) in [6, 6.07) is 13.4. The van der Waals surface area contributed by atoms with Crippen molar-refractivity contribution in [2.75, 3.05) is 31.5 Å². The summed E-state index contributed by atoms with van der Waals surface area (Å²) in [6.45, 7) is 3.16. The van der Waals surface area contributed by atoms with Gasteiger partial charge in [-0.3, -0.25) is 9.89 Å². The van der Waals surface area contributed by atoms with Crippen molar-refractivity contribution in [3.05, 3.63) is 77.7 Å². The summed E-state index contributed by atoms with van der Waals surface area (Å²) < 4.78 is 0. The average Bonchev–Trinajstić information content (AvgIpc) is 3.34. The zero-order valence-electron chi connectivity index (χ0n) is 17.5. The number of hydrogen-bond acceptors (Lipinski definition) is 6. The fourth-order valence-electron chi connectivity index (χ4n) is 3.69. The van der Waals surface area contributed by atoms with Crippen LogP contribution in [0, 0.1) is 0 Å². The van der Waals surface area contributed by atoms with Gasteiger partial charge in [0.05, 0.1) is 11.7 Å². The fraction of sp³-hybridized carbons (Fsp3) is 0.167. The van der Waals surface area contributed by atoms with Crippen LogP contribution >= 0.6 is 0 Å². The topological polar surface area (TPSA) is 98.8 Å². The Labute approximate surface area is 185 Å². The van der Waals surface area contributed by atoms with Gasteiger partial charge in [-0.05, 0) is 35.9 Å². The molecule has 8 nitrogen and oxygen atoms in total. The number of benzene rings is 2. The number of carbonyl (C=O) groups is 1. The lowest BCUT2D eigenvalue weighted by atomic mass is 10.1. The van der Waals surface area contributed by atoms with Crippen molar-refractivity contribution in [1.82, 2.24) is 30.4 Å². The fourth-order valence-corrected chi connectivity index (χ4v) is 3.69. The highest BCUT2D eigenvalue weighted by molar-refractivity contribution is 5.94. The second kappa shape index (κ2) is 8.99. The van der Waals surface area contributed by atoms with E-state index in [9.17, 15) is 4.79 Å². The molecule has 1 saturated heterocycles. The Morgan fingerprint density at radius 3 is 2.53 bits per heavy atom. The van der Waals surface area contributed by atoms with Gasteiger partial charge in [-0.2, -0.15) is 5.10 Å². The molecule has 4 aromatic rings. The molecule has 32 heavy (non-hydrogen) atoms. The monoisotopic (exact) mass is 425 g/mol. The predicted octanol–water partition coefficient (Wildman–Crippen LogP) is 3.31. The number of nitrogens with zero attached hydrogens (tertiary/aromatic N) is 4. The van der Waals surface area contributed by atoms with Gasteiger partial charge < -0.3 is 15.5 Å². The summed E-state index contributed by atoms with van der Waals surface area (Å²) in [5, 5.41) is 14.6. The first kappa shape index (κ1) is 19.9. The first-order valence-electron chi connectivity index (χ1n) is 10.6. The number of aromatic nitrogens is 4. The lowest BCUT2D eigenvalue weighted by Crippen LogP contribution is -2.46. The number of fused-ring (bicyclic) bond motifs is 1. The molecule has 0 bridgehead atoms. The zero-order chi connectivity index (χ0) is 21.8. The molecule has 5 rings (SSSR count). The molecular formula is C24H23N7O. The van der Waals surface area contributed by atoms with E-state index < -0.39 is 0 Å². The largest absolute Gasteiger partial charge is 0.336 e. The molecule has 160 valence electrons. The average molecular weight is 425 g/mol. The third-order valence-corrected chi connectivity index (χ3v) is 5.44. The summed E-state index contributed by atoms with van der Waals surface area (Å²) in [7, 11) is 0. The number of rotatable bonds is 5. The summed E-state index contributed by atoms with van der Waals surface area (Å²) >= 11 is 0. The normalized spacial score (nSPS) is 14.2. The first-order valence-corrected chi connectivity index (χ1v) is 10.6. The molecule has 1 aliphatic heterocycles. The van der Waals surface area contributed by atoms with Gasteiger partial charge >= 0.3 is 0 Å². The number of H-pyrrole nitrogens is 1. The highest BCUT2D eigenvalue weighted by Gasteiger charge is 2.17. The van der Waals surface area contributed by atoms with Crippen LogP contribution in [0.25, 0.3) is 23.1 Å². The number of hydrogen-bond donors (Lipinski definition) is 3. The van der Waals surface area contributed by atoms with E-state index in [2.05, 4.69) is 30.8 Å². The molecule has 3 N–H and O–H groups in total. The van der Waals surface area contributed by atoms with Gasteiger partial charge in [0.25, 0.3) is 5.91 Å². The molecular weight excluding hydrogens is 402 g/mol. The number of piperazine rings is 1. The number of amides is 1. The Morgan fingerprint density at radius 2 is 1.75 bits per heavy atom. The molecule has 0 radical (unpaired) electrons. The van der Waals surface area contributed by atoms with Crippen LogP contribution in [0.5, 0.6) is 0 Å². The van der Waals surface area contributed by atoms with Crippen LogP contribution in [0.1, 0.15) is 21.5 Å². The predicted molar refractivity (Wildman–Crippen MR) is 126 cm³/mol. The SMILES string of the molecule is O=C(c1ccc(Nc2ncc(C=Cc3cccc4[nH]ncc34)cn2)cc1)N1CCNCC1. The van der Waals surface area contributed by atoms with Crippen LogP contribution in [0.15, 0.2) is 61.1 Å². The number of anilines is 2. The summed E-state index contributed by atoms with van der Waals surface area (Å²) in [5.41, 5.74) is 4.49. The van der Waals surface area contributed by atoms with Crippen molar-refractivity contribution in [3.8, 4) is 0 Å². The molecule has 2 aromatic carbocycles. The smallest absolute Gasteiger partial charge is 0.253 e. The molecule has 8 heteroatoms. The maximum atomic E-state index is 12.6. The van der Waals surface area contributed by atoms with Crippen molar-refractivity contribution in [2.45, 2.75) is 0 Å². The van der Waals surface area contributed by atoms with Crippen molar-refractivity contribution in [3.63, 3.8) is 0 Å². The molecule has 1 fully saturated rings. The second-order valence-corrected chi connectivity index (χ2v) is 7.60. The van der Waals surface area contributed by atoms with E-state index in [1.807, 2.05) is 65.7 Å². The lowest BCUT2D eigenvalue weighted by molar-refractivity contribution is 0.0736. The molecule has 0 atom stereocenters. The van der Waals surface area contributed by atoms with E-state index in [1.165, 1.54) is 0 Å². The van der Waals surface area contributed by atoms with Crippen LogP contribution in [-0.2, 0) is 0 Å². The van der Waals surface area contributed by atoms with E-state index in [1.54, 1.807) is 12.4 Å². The van der Waals surface area contributed by atoms with Crippen LogP contribution in [-0.4, -0.2) is 57.2 Å². The molecule has 0 aliphatic carbocycles. The lowest BCUT2D eigenvalue weighted by Gasteiger charge is -2.27. The Bertz CT molecular complexity index is 1240. The number of aromatic amines is 1. The van der Waals surface area contributed by atoms with Crippen LogP contribution in [0.2, 0.25) is 0 Å². The second-order valence-electron chi connectivity index (χ2n) is 7.60. The van der Waals surface area contributed by atoms with Gasteiger partial charge in [-0.15, -0.1) is 0 Å². The van der Waals surface area contributed by atoms with Gasteiger partial charge in [0.2, 0.25) is 5.95 Å². The van der Waals surface area contributed by atoms with Crippen LogP contribution < -0.4 is 10.6 Å². The summed E-state index contributed by atoms with van der Waals surface area (Å²) in [6.07, 6.45) is 9.36. The molecule has 1 amide bonds. The van der Waals surface area contributed by atoms with Crippen LogP contribution in [0.4, 0.5) is 11.6 Å². The highest BCUT2D eigenvalue weighted by Crippen LogP contribution is 2.19. The molecule has 0 spiro atoms. The third kappa shape index (κ3) is 4.35. The van der Waals surface area contributed by atoms with Crippen LogP contribution in [0.3, 0.4) is 0 Å². The molecule has 3 heterocycles. The molecule has 2 aromatic heterocycles. The maximum Gasteiger partial charge on any atom is 0.253 e. The van der Waals surface area contributed by atoms with E-state index in [0.29, 0.717) is 11.5 Å². The van der Waals surface area contributed by atoms with Crippen molar-refractivity contribution < 1.29 is 4.79 Å². The van der Waals surface area contributed by atoms with Gasteiger partial charge in [0, 0.05) is 60.8 Å². The molecule has 1 aliphatic rings. The van der Waals surface area contributed by atoms with Crippen molar-refractivity contribution >= 4 is 40.6 Å². The minimum atomic E-state index is 0.0663. The van der Waals surface area contributed by atoms with E-state index in [0.717, 1.165) is 53.9 Å². The highest BCUT2D eigenvalue weighted by atomic mass is 16.2. The Kier molecular flexibility index (Phi) is 5.59. The van der Waals surface area contributed by atoms with Crippen molar-refractivity contribution in [2.24, 2.45) is 0 Å². The minimum absolute atomic E-state index is 0.0663. The number of nitrogens with one attached hydrogen (secondary N) is 3. The summed E-state index contributed by atoms with van der Waals surface area (Å²) in [5.74, 6) is 0.566. The van der Waals surface area contributed by atoms with Crippen molar-refractivity contribution in [1.29, 1.82) is 0 Å². The quantitative estimate of drug-likeness (QED) is 0.454. The summed E-state index contributed by atoms with van der Waals surface area (Å²) in [4.78, 5) is 23.2. The third-order valence-electron chi connectivity index (χ3n) is 5.44. The first-order chi connectivity index (χ1) is 15.8. The Balaban J connectivity index is 1.23. The van der Waals surface area contributed by atoms with E-state index in [4.69, 9.17) is 0 Å². The molecule has 0 saturated carbocycles. The Morgan fingerprint density at radius 1 is 0.969 bits per heavy atom. The zero-order valence-corrected chi connectivity index (χ0v) is 17.5. The Hall–Kier alpha value is -4.04. The maximum absolute atomic E-state index is 12.6. The minimum Gasteiger partial charge on any atom is -0.336 e. The molecule has 0 unspecified atom stereocenters. The van der Waals surface area contributed by atoms with Gasteiger partial charge in [-0.1, -0.05) is 24.3 Å². The number of carbonyl (C=O) groups excluding carboxylic acids is 1. The van der Waals surface area contributed by atoms with E-state index >= 15 is 0 Å². The van der Waals surface area contributed by atoms with E-state index in [-0.39, 0.29) is 5.91 Å².